The topological polar surface area (TPSA) is 44.1 Å². The van der Waals surface area contributed by atoms with Gasteiger partial charge < -0.3 is 4.90 Å². The minimum atomic E-state index is 0.00938. The van der Waals surface area contributed by atoms with Crippen molar-refractivity contribution < 1.29 is 4.79 Å². The molecule has 1 saturated heterocycles. The normalized spacial score (nSPS) is 15.1. The molecular weight excluding hydrogens is 343 g/mol. The molecule has 1 aliphatic heterocycles. The number of amides is 1. The highest BCUT2D eigenvalue weighted by molar-refractivity contribution is 6.43. The number of carbonyl (C=O) groups is 1. The maximum atomic E-state index is 12.6. The molecule has 122 valence electrons. The van der Waals surface area contributed by atoms with Crippen molar-refractivity contribution in [1.82, 2.24) is 4.90 Å². The van der Waals surface area contributed by atoms with Gasteiger partial charge in [0.25, 0.3) is 5.91 Å². The molecule has 0 N–H and O–H groups in total. The second-order valence-corrected chi connectivity index (χ2v) is 6.66. The lowest BCUT2D eigenvalue weighted by atomic mass is 9.97. The SMILES string of the molecule is N#CC1CCN(C(=O)c2ccc(-c3cccc(Cl)c3Cl)cc2)CC1. The van der Waals surface area contributed by atoms with E-state index in [0.717, 1.165) is 24.0 Å². The van der Waals surface area contributed by atoms with E-state index in [9.17, 15) is 4.79 Å². The third-order valence-electron chi connectivity index (χ3n) is 4.36. The summed E-state index contributed by atoms with van der Waals surface area (Å²) >= 11 is 12.3. The van der Waals surface area contributed by atoms with Gasteiger partial charge in [-0.3, -0.25) is 4.79 Å². The Morgan fingerprint density at radius 3 is 2.38 bits per heavy atom. The summed E-state index contributed by atoms with van der Waals surface area (Å²) in [6.45, 7) is 1.28. The zero-order chi connectivity index (χ0) is 17.1. The van der Waals surface area contributed by atoms with Crippen molar-refractivity contribution >= 4 is 29.1 Å². The van der Waals surface area contributed by atoms with Crippen LogP contribution in [-0.2, 0) is 0 Å². The van der Waals surface area contributed by atoms with Crippen LogP contribution < -0.4 is 0 Å². The Hall–Kier alpha value is -2.02. The summed E-state index contributed by atoms with van der Waals surface area (Å²) in [5.41, 5.74) is 2.41. The minimum absolute atomic E-state index is 0.00938. The molecule has 1 aliphatic rings. The van der Waals surface area contributed by atoms with E-state index in [1.165, 1.54) is 0 Å². The van der Waals surface area contributed by atoms with Gasteiger partial charge in [-0.15, -0.1) is 0 Å². The zero-order valence-electron chi connectivity index (χ0n) is 13.0. The van der Waals surface area contributed by atoms with E-state index < -0.39 is 0 Å². The van der Waals surface area contributed by atoms with E-state index in [-0.39, 0.29) is 11.8 Å². The van der Waals surface area contributed by atoms with Crippen molar-refractivity contribution in [1.29, 1.82) is 5.26 Å². The number of hydrogen-bond acceptors (Lipinski definition) is 2. The lowest BCUT2D eigenvalue weighted by Crippen LogP contribution is -2.38. The van der Waals surface area contributed by atoms with Gasteiger partial charge in [-0.05, 0) is 36.6 Å². The zero-order valence-corrected chi connectivity index (χ0v) is 14.5. The summed E-state index contributed by atoms with van der Waals surface area (Å²) < 4.78 is 0. The van der Waals surface area contributed by atoms with Crippen molar-refractivity contribution in [3.8, 4) is 17.2 Å². The molecule has 5 heteroatoms. The van der Waals surface area contributed by atoms with Crippen LogP contribution in [0.15, 0.2) is 42.5 Å². The number of piperidine rings is 1. The van der Waals surface area contributed by atoms with Gasteiger partial charge in [0.05, 0.1) is 16.1 Å². The Balaban J connectivity index is 1.76. The van der Waals surface area contributed by atoms with Gasteiger partial charge in [0.15, 0.2) is 0 Å². The second kappa shape index (κ2) is 7.25. The Labute approximate surface area is 151 Å². The maximum Gasteiger partial charge on any atom is 0.253 e. The highest BCUT2D eigenvalue weighted by atomic mass is 35.5. The van der Waals surface area contributed by atoms with Crippen LogP contribution in [0.3, 0.4) is 0 Å². The largest absolute Gasteiger partial charge is 0.339 e. The molecule has 3 nitrogen and oxygen atoms in total. The van der Waals surface area contributed by atoms with Gasteiger partial charge >= 0.3 is 0 Å². The molecule has 1 heterocycles. The minimum Gasteiger partial charge on any atom is -0.339 e. The summed E-state index contributed by atoms with van der Waals surface area (Å²) in [4.78, 5) is 14.4. The molecule has 0 saturated carbocycles. The van der Waals surface area contributed by atoms with Crippen LogP contribution in [0.2, 0.25) is 10.0 Å². The van der Waals surface area contributed by atoms with Crippen molar-refractivity contribution in [3.05, 3.63) is 58.1 Å². The van der Waals surface area contributed by atoms with Crippen LogP contribution >= 0.6 is 23.2 Å². The number of nitriles is 1. The van der Waals surface area contributed by atoms with Gasteiger partial charge in [0.2, 0.25) is 0 Å². The Morgan fingerprint density at radius 2 is 1.75 bits per heavy atom. The molecule has 1 fully saturated rings. The number of hydrogen-bond donors (Lipinski definition) is 0. The fourth-order valence-electron chi connectivity index (χ4n) is 2.91. The van der Waals surface area contributed by atoms with Crippen LogP contribution in [0.5, 0.6) is 0 Å². The maximum absolute atomic E-state index is 12.6. The van der Waals surface area contributed by atoms with E-state index in [4.69, 9.17) is 28.5 Å². The highest BCUT2D eigenvalue weighted by Gasteiger charge is 2.23. The predicted molar refractivity (Wildman–Crippen MR) is 96.1 cm³/mol. The molecule has 24 heavy (non-hydrogen) atoms. The summed E-state index contributed by atoms with van der Waals surface area (Å²) in [6.07, 6.45) is 1.50. The first kappa shape index (κ1) is 16.8. The third kappa shape index (κ3) is 3.40. The Morgan fingerprint density at radius 1 is 1.08 bits per heavy atom. The molecule has 0 atom stereocenters. The van der Waals surface area contributed by atoms with Crippen LogP contribution in [0.25, 0.3) is 11.1 Å². The molecule has 0 aliphatic carbocycles. The van der Waals surface area contributed by atoms with E-state index in [2.05, 4.69) is 6.07 Å². The third-order valence-corrected chi connectivity index (χ3v) is 5.18. The van der Waals surface area contributed by atoms with Crippen LogP contribution in [-0.4, -0.2) is 23.9 Å². The summed E-state index contributed by atoms with van der Waals surface area (Å²) in [5.74, 6) is 0.0801. The predicted octanol–water partition coefficient (Wildman–Crippen LogP) is 5.04. The van der Waals surface area contributed by atoms with Crippen molar-refractivity contribution in [2.75, 3.05) is 13.1 Å². The van der Waals surface area contributed by atoms with E-state index >= 15 is 0 Å². The molecule has 3 rings (SSSR count). The quantitative estimate of drug-likeness (QED) is 0.754. The monoisotopic (exact) mass is 358 g/mol. The molecule has 2 aromatic carbocycles. The number of nitrogens with zero attached hydrogens (tertiary/aromatic N) is 2. The van der Waals surface area contributed by atoms with Crippen LogP contribution in [0, 0.1) is 17.2 Å². The summed E-state index contributed by atoms with van der Waals surface area (Å²) in [6, 6.07) is 15.2. The molecule has 0 bridgehead atoms. The molecular formula is C19H16Cl2N2O. The average Bonchev–Trinajstić information content (AvgIpc) is 2.64. The molecule has 1 amide bonds. The Bertz CT molecular complexity index is 788. The number of benzene rings is 2. The van der Waals surface area contributed by atoms with Gasteiger partial charge in [-0.25, -0.2) is 0 Å². The Kier molecular flexibility index (Phi) is 5.08. The van der Waals surface area contributed by atoms with Crippen LogP contribution in [0.4, 0.5) is 0 Å². The van der Waals surface area contributed by atoms with Gasteiger partial charge in [-0.2, -0.15) is 5.26 Å². The van der Waals surface area contributed by atoms with Crippen LogP contribution in [0.1, 0.15) is 23.2 Å². The van der Waals surface area contributed by atoms with E-state index in [1.807, 2.05) is 41.3 Å². The lowest BCUT2D eigenvalue weighted by Gasteiger charge is -2.29. The molecule has 0 radical (unpaired) electrons. The van der Waals surface area contributed by atoms with E-state index in [0.29, 0.717) is 28.7 Å². The number of carbonyl (C=O) groups excluding carboxylic acids is 1. The standard InChI is InChI=1S/C19H16Cl2N2O/c20-17-3-1-2-16(18(17)21)14-4-6-15(7-5-14)19(24)23-10-8-13(12-22)9-11-23/h1-7,13H,8-11H2. The first-order chi connectivity index (χ1) is 11.6. The highest BCUT2D eigenvalue weighted by Crippen LogP contribution is 2.33. The van der Waals surface area contributed by atoms with E-state index in [1.54, 1.807) is 6.07 Å². The summed E-state index contributed by atoms with van der Waals surface area (Å²) in [5, 5.41) is 9.96. The number of likely N-dealkylation sites (tertiary alicyclic amines) is 1. The summed E-state index contributed by atoms with van der Waals surface area (Å²) in [7, 11) is 0. The molecule has 0 aromatic heterocycles. The van der Waals surface area contributed by atoms with Gasteiger partial charge in [0, 0.05) is 30.1 Å². The van der Waals surface area contributed by atoms with Gasteiger partial charge in [-0.1, -0.05) is 47.5 Å². The van der Waals surface area contributed by atoms with Crippen molar-refractivity contribution in [3.63, 3.8) is 0 Å². The fourth-order valence-corrected chi connectivity index (χ4v) is 3.32. The van der Waals surface area contributed by atoms with Crippen molar-refractivity contribution in [2.24, 2.45) is 5.92 Å². The number of rotatable bonds is 2. The second-order valence-electron chi connectivity index (χ2n) is 5.87. The molecule has 0 unspecified atom stereocenters. The lowest BCUT2D eigenvalue weighted by molar-refractivity contribution is 0.0707. The smallest absolute Gasteiger partial charge is 0.253 e. The first-order valence-corrected chi connectivity index (χ1v) is 8.59. The average molecular weight is 359 g/mol. The fraction of sp³-hybridized carbons (Fsp3) is 0.263. The molecule has 0 spiro atoms. The van der Waals surface area contributed by atoms with Gasteiger partial charge in [0.1, 0.15) is 0 Å². The first-order valence-electron chi connectivity index (χ1n) is 7.83. The van der Waals surface area contributed by atoms with Crippen molar-refractivity contribution in [2.45, 2.75) is 12.8 Å². The number of halogens is 2. The molecule has 2 aromatic rings.